The standard InChI is InChI=1S/C25H36FN5O/c1-16-12-19(14-24(2,3)13-16)28-22-21(17-6-8-18(26)9-7-17)29-23-25(4,5)31(20(32)15-27)11-10-30(22)23/h6-9,16,19,28H,10-15,27H2,1-5H3. The van der Waals surface area contributed by atoms with E-state index in [9.17, 15) is 9.18 Å². The van der Waals surface area contributed by atoms with Crippen LogP contribution in [0.15, 0.2) is 24.3 Å². The summed E-state index contributed by atoms with van der Waals surface area (Å²) in [5, 5.41) is 3.83. The molecular weight excluding hydrogens is 405 g/mol. The molecule has 4 rings (SSSR count). The Balaban J connectivity index is 1.79. The van der Waals surface area contributed by atoms with E-state index in [1.807, 2.05) is 18.7 Å². The van der Waals surface area contributed by atoms with Crippen molar-refractivity contribution in [3.8, 4) is 11.3 Å². The van der Waals surface area contributed by atoms with E-state index in [0.29, 0.717) is 25.0 Å². The minimum Gasteiger partial charge on any atom is -0.367 e. The lowest BCUT2D eigenvalue weighted by molar-refractivity contribution is -0.137. The van der Waals surface area contributed by atoms with Crippen LogP contribution in [0.1, 0.15) is 59.7 Å². The highest BCUT2D eigenvalue weighted by molar-refractivity contribution is 5.80. The van der Waals surface area contributed by atoms with Crippen LogP contribution in [0.2, 0.25) is 0 Å². The van der Waals surface area contributed by atoms with E-state index >= 15 is 0 Å². The number of anilines is 1. The number of hydrogen-bond donors (Lipinski definition) is 2. The van der Waals surface area contributed by atoms with Crippen molar-refractivity contribution in [2.24, 2.45) is 17.1 Å². The molecule has 2 unspecified atom stereocenters. The molecule has 1 aromatic carbocycles. The first-order valence-corrected chi connectivity index (χ1v) is 11.7. The van der Waals surface area contributed by atoms with E-state index in [4.69, 9.17) is 10.7 Å². The molecule has 0 spiro atoms. The van der Waals surface area contributed by atoms with Gasteiger partial charge in [0.05, 0.1) is 12.1 Å². The Kier molecular flexibility index (Phi) is 5.82. The zero-order chi connectivity index (χ0) is 23.3. The molecule has 1 aliphatic carbocycles. The maximum atomic E-state index is 13.6. The number of rotatable bonds is 4. The fraction of sp³-hybridized carbons (Fsp3) is 0.600. The summed E-state index contributed by atoms with van der Waals surface area (Å²) in [5.74, 6) is 2.09. The van der Waals surface area contributed by atoms with E-state index in [1.54, 1.807) is 12.1 Å². The number of nitrogens with two attached hydrogens (primary N) is 1. The van der Waals surface area contributed by atoms with Crippen molar-refractivity contribution >= 4 is 11.7 Å². The minimum atomic E-state index is -0.595. The fourth-order valence-electron chi connectivity index (χ4n) is 5.89. The number of halogens is 1. The van der Waals surface area contributed by atoms with E-state index in [0.717, 1.165) is 35.7 Å². The van der Waals surface area contributed by atoms with Gasteiger partial charge in [-0.05, 0) is 68.7 Å². The molecule has 2 aliphatic rings. The number of carbonyl (C=O) groups excluding carboxylic acids is 1. The average molecular weight is 442 g/mol. The van der Waals surface area contributed by atoms with Crippen LogP contribution in [-0.4, -0.2) is 39.5 Å². The summed E-state index contributed by atoms with van der Waals surface area (Å²) < 4.78 is 15.8. The molecule has 1 fully saturated rings. The molecule has 32 heavy (non-hydrogen) atoms. The molecule has 2 aromatic rings. The lowest BCUT2D eigenvalue weighted by Gasteiger charge is -2.43. The first-order valence-electron chi connectivity index (χ1n) is 11.7. The number of benzene rings is 1. The van der Waals surface area contributed by atoms with Gasteiger partial charge in [0.25, 0.3) is 0 Å². The van der Waals surface area contributed by atoms with Crippen molar-refractivity contribution in [1.82, 2.24) is 14.5 Å². The molecule has 1 aromatic heterocycles. The molecule has 7 heteroatoms. The maximum absolute atomic E-state index is 13.6. The summed E-state index contributed by atoms with van der Waals surface area (Å²) in [4.78, 5) is 19.4. The molecule has 6 nitrogen and oxygen atoms in total. The topological polar surface area (TPSA) is 76.2 Å². The largest absolute Gasteiger partial charge is 0.367 e. The van der Waals surface area contributed by atoms with Crippen molar-refractivity contribution in [3.05, 3.63) is 35.9 Å². The Morgan fingerprint density at radius 3 is 2.50 bits per heavy atom. The molecule has 2 heterocycles. The molecule has 3 N–H and O–H groups in total. The molecule has 0 radical (unpaired) electrons. The molecule has 2 atom stereocenters. The third-order valence-corrected chi connectivity index (χ3v) is 7.06. The number of fused-ring (bicyclic) bond motifs is 1. The van der Waals surface area contributed by atoms with Crippen molar-refractivity contribution < 1.29 is 9.18 Å². The predicted octanol–water partition coefficient (Wildman–Crippen LogP) is 4.35. The second-order valence-corrected chi connectivity index (χ2v) is 10.9. The zero-order valence-corrected chi connectivity index (χ0v) is 19.9. The van der Waals surface area contributed by atoms with Gasteiger partial charge in [-0.15, -0.1) is 0 Å². The lowest BCUT2D eigenvalue weighted by Crippen LogP contribution is -2.53. The summed E-state index contributed by atoms with van der Waals surface area (Å²) in [5.41, 5.74) is 7.04. The second kappa shape index (κ2) is 8.18. The molecule has 0 bridgehead atoms. The van der Waals surface area contributed by atoms with Crippen LogP contribution in [0.5, 0.6) is 0 Å². The first kappa shape index (κ1) is 22.8. The van der Waals surface area contributed by atoms with Gasteiger partial charge in [-0.2, -0.15) is 0 Å². The van der Waals surface area contributed by atoms with Gasteiger partial charge in [0, 0.05) is 24.7 Å². The number of amides is 1. The molecule has 1 saturated carbocycles. The van der Waals surface area contributed by atoms with Crippen molar-refractivity contribution in [1.29, 1.82) is 0 Å². The van der Waals surface area contributed by atoms with E-state index in [2.05, 4.69) is 30.7 Å². The van der Waals surface area contributed by atoms with Gasteiger partial charge in [-0.25, -0.2) is 9.37 Å². The van der Waals surface area contributed by atoms with Gasteiger partial charge in [0.15, 0.2) is 0 Å². The average Bonchev–Trinajstić information content (AvgIpc) is 3.06. The zero-order valence-electron chi connectivity index (χ0n) is 19.9. The summed E-state index contributed by atoms with van der Waals surface area (Å²) in [6.45, 7) is 12.2. The van der Waals surface area contributed by atoms with Crippen LogP contribution in [0.3, 0.4) is 0 Å². The van der Waals surface area contributed by atoms with Gasteiger partial charge < -0.3 is 20.5 Å². The number of nitrogens with one attached hydrogen (secondary N) is 1. The Morgan fingerprint density at radius 2 is 1.88 bits per heavy atom. The molecule has 174 valence electrons. The van der Waals surface area contributed by atoms with E-state index in [1.165, 1.54) is 18.6 Å². The quantitative estimate of drug-likeness (QED) is 0.740. The third kappa shape index (κ3) is 4.15. The molecule has 1 amide bonds. The number of nitrogens with zero attached hydrogens (tertiary/aromatic N) is 3. The first-order chi connectivity index (χ1) is 15.0. The van der Waals surface area contributed by atoms with Crippen LogP contribution < -0.4 is 11.1 Å². The molecular formula is C25H36FN5O. The van der Waals surface area contributed by atoms with Crippen molar-refractivity contribution in [3.63, 3.8) is 0 Å². The van der Waals surface area contributed by atoms with Gasteiger partial charge in [-0.1, -0.05) is 20.8 Å². The van der Waals surface area contributed by atoms with Gasteiger partial charge >= 0.3 is 0 Å². The van der Waals surface area contributed by atoms with Crippen molar-refractivity contribution in [2.75, 3.05) is 18.4 Å². The second-order valence-electron chi connectivity index (χ2n) is 10.9. The monoisotopic (exact) mass is 441 g/mol. The Labute approximate surface area is 190 Å². The summed E-state index contributed by atoms with van der Waals surface area (Å²) in [7, 11) is 0. The van der Waals surface area contributed by atoms with Crippen LogP contribution in [0, 0.1) is 17.2 Å². The number of aromatic nitrogens is 2. The maximum Gasteiger partial charge on any atom is 0.237 e. The summed E-state index contributed by atoms with van der Waals surface area (Å²) >= 11 is 0. The number of carbonyl (C=O) groups is 1. The van der Waals surface area contributed by atoms with Crippen LogP contribution in [0.4, 0.5) is 10.2 Å². The molecule has 0 saturated heterocycles. The number of imidazole rings is 1. The normalized spacial score (nSPS) is 24.2. The van der Waals surface area contributed by atoms with Crippen molar-refractivity contribution in [2.45, 2.75) is 72.0 Å². The Hall–Kier alpha value is -2.41. The number of hydrogen-bond acceptors (Lipinski definition) is 4. The Bertz CT molecular complexity index is 995. The highest BCUT2D eigenvalue weighted by atomic mass is 19.1. The SMILES string of the molecule is CC1CC(Nc2c(-c3ccc(F)cc3)nc3n2CCN(C(=O)CN)C3(C)C)CC(C)(C)C1. The smallest absolute Gasteiger partial charge is 0.237 e. The lowest BCUT2D eigenvalue weighted by atomic mass is 9.70. The fourth-order valence-corrected chi connectivity index (χ4v) is 5.89. The summed E-state index contributed by atoms with van der Waals surface area (Å²) in [6.07, 6.45) is 3.42. The van der Waals surface area contributed by atoms with Crippen LogP contribution >= 0.6 is 0 Å². The van der Waals surface area contributed by atoms with E-state index < -0.39 is 5.54 Å². The highest BCUT2D eigenvalue weighted by Crippen LogP contribution is 2.42. The molecule has 1 aliphatic heterocycles. The van der Waals surface area contributed by atoms with Gasteiger partial charge in [0.2, 0.25) is 5.91 Å². The van der Waals surface area contributed by atoms with Gasteiger partial charge in [-0.3, -0.25) is 4.79 Å². The summed E-state index contributed by atoms with van der Waals surface area (Å²) in [6, 6.07) is 6.83. The third-order valence-electron chi connectivity index (χ3n) is 7.06. The van der Waals surface area contributed by atoms with Gasteiger partial charge in [0.1, 0.15) is 23.2 Å². The Morgan fingerprint density at radius 1 is 1.19 bits per heavy atom. The van der Waals surface area contributed by atoms with E-state index in [-0.39, 0.29) is 23.7 Å². The predicted molar refractivity (Wildman–Crippen MR) is 126 cm³/mol. The minimum absolute atomic E-state index is 0.0187. The highest BCUT2D eigenvalue weighted by Gasteiger charge is 2.42. The van der Waals surface area contributed by atoms with Crippen LogP contribution in [0.25, 0.3) is 11.3 Å². The van der Waals surface area contributed by atoms with Crippen LogP contribution in [-0.2, 0) is 16.9 Å².